The topological polar surface area (TPSA) is 49.3 Å². The second-order valence-corrected chi connectivity index (χ2v) is 6.90. The Morgan fingerprint density at radius 2 is 1.92 bits per heavy atom. The molecule has 0 aliphatic rings. The molecule has 4 nitrogen and oxygen atoms in total. The smallest absolute Gasteiger partial charge is 0.356 e. The number of halogens is 4. The molecule has 1 aromatic carbocycles. The lowest BCUT2D eigenvalue weighted by Gasteiger charge is -2.11. The van der Waals surface area contributed by atoms with Crippen molar-refractivity contribution >= 4 is 53.0 Å². The third-order valence-electron chi connectivity index (χ3n) is 3.32. The minimum absolute atomic E-state index is 0. The number of nitrogens with zero attached hydrogens (tertiary/aromatic N) is 2. The molecule has 1 heterocycles. The molecule has 0 spiro atoms. The molecule has 0 radical (unpaired) electrons. The van der Waals surface area contributed by atoms with Crippen molar-refractivity contribution in [2.45, 2.75) is 24.0 Å². The van der Waals surface area contributed by atoms with Gasteiger partial charge in [0.15, 0.2) is 11.7 Å². The number of thioether (sulfide) groups is 1. The lowest BCUT2D eigenvalue weighted by Crippen LogP contribution is -2.37. The van der Waals surface area contributed by atoms with Gasteiger partial charge in [-0.3, -0.25) is 4.99 Å². The first-order valence-corrected chi connectivity index (χ1v) is 9.62. The van der Waals surface area contributed by atoms with Crippen LogP contribution < -0.4 is 10.6 Å². The van der Waals surface area contributed by atoms with Crippen LogP contribution in [0.4, 0.5) is 13.2 Å². The highest BCUT2D eigenvalue weighted by atomic mass is 127. The summed E-state index contributed by atoms with van der Waals surface area (Å²) in [5.74, 6) is 0.599. The maximum Gasteiger partial charge on any atom is 0.434 e. The maximum atomic E-state index is 12.5. The third kappa shape index (κ3) is 7.31. The van der Waals surface area contributed by atoms with Crippen molar-refractivity contribution < 1.29 is 13.2 Å². The summed E-state index contributed by atoms with van der Waals surface area (Å²) in [6, 6.07) is 8.19. The lowest BCUT2D eigenvalue weighted by atomic mass is 10.2. The molecule has 0 unspecified atom stereocenters. The number of hydrogen-bond acceptors (Lipinski definition) is 4. The number of benzene rings is 1. The largest absolute Gasteiger partial charge is 0.434 e. The van der Waals surface area contributed by atoms with Crippen LogP contribution in [0.2, 0.25) is 0 Å². The van der Waals surface area contributed by atoms with Gasteiger partial charge in [0.25, 0.3) is 0 Å². The number of alkyl halides is 3. The zero-order chi connectivity index (χ0) is 18.3. The fourth-order valence-corrected chi connectivity index (χ4v) is 3.21. The Morgan fingerprint density at radius 1 is 1.23 bits per heavy atom. The van der Waals surface area contributed by atoms with E-state index in [0.29, 0.717) is 30.5 Å². The quantitative estimate of drug-likeness (QED) is 0.259. The molecule has 0 bridgehead atoms. The average Bonchev–Trinajstić information content (AvgIpc) is 3.07. The highest BCUT2D eigenvalue weighted by molar-refractivity contribution is 14.0. The first-order valence-electron chi connectivity index (χ1n) is 7.51. The zero-order valence-electron chi connectivity index (χ0n) is 14.3. The van der Waals surface area contributed by atoms with Gasteiger partial charge in [-0.05, 0) is 24.0 Å². The predicted molar refractivity (Wildman–Crippen MR) is 113 cm³/mol. The Bertz CT molecular complexity index is 702. The Balaban J connectivity index is 0.00000338. The highest BCUT2D eigenvalue weighted by Crippen LogP contribution is 2.29. The summed E-state index contributed by atoms with van der Waals surface area (Å²) in [5.41, 5.74) is 0.291. The van der Waals surface area contributed by atoms with Crippen molar-refractivity contribution in [1.82, 2.24) is 15.6 Å². The third-order valence-corrected chi connectivity index (χ3v) is 4.97. The highest BCUT2D eigenvalue weighted by Gasteiger charge is 2.33. The Labute approximate surface area is 176 Å². The molecule has 0 amide bonds. The van der Waals surface area contributed by atoms with Crippen molar-refractivity contribution in [1.29, 1.82) is 0 Å². The van der Waals surface area contributed by atoms with Gasteiger partial charge in [0.2, 0.25) is 0 Å². The van der Waals surface area contributed by atoms with E-state index in [2.05, 4.69) is 32.7 Å². The van der Waals surface area contributed by atoms with Crippen molar-refractivity contribution in [3.05, 3.63) is 45.9 Å². The molecular formula is C16H20F3IN4S2. The van der Waals surface area contributed by atoms with E-state index in [1.54, 1.807) is 18.8 Å². The molecule has 0 saturated carbocycles. The van der Waals surface area contributed by atoms with E-state index in [1.807, 2.05) is 18.4 Å². The van der Waals surface area contributed by atoms with Crippen LogP contribution in [0.3, 0.4) is 0 Å². The number of aromatic nitrogens is 1. The molecule has 26 heavy (non-hydrogen) atoms. The second kappa shape index (κ2) is 11.0. The molecule has 0 fully saturated rings. The van der Waals surface area contributed by atoms with Crippen LogP contribution in [0.25, 0.3) is 0 Å². The summed E-state index contributed by atoms with van der Waals surface area (Å²) in [7, 11) is 1.65. The van der Waals surface area contributed by atoms with E-state index < -0.39 is 11.9 Å². The monoisotopic (exact) mass is 516 g/mol. The fraction of sp³-hybridized carbons (Fsp3) is 0.375. The van der Waals surface area contributed by atoms with Crippen LogP contribution >= 0.6 is 47.1 Å². The number of nitrogens with one attached hydrogen (secondary N) is 2. The predicted octanol–water partition coefficient (Wildman–Crippen LogP) is 4.41. The molecule has 2 N–H and O–H groups in total. The Kier molecular flexibility index (Phi) is 9.72. The van der Waals surface area contributed by atoms with E-state index in [4.69, 9.17) is 0 Å². The number of guanidine groups is 1. The van der Waals surface area contributed by atoms with Gasteiger partial charge in [-0.2, -0.15) is 13.2 Å². The summed E-state index contributed by atoms with van der Waals surface area (Å²) < 4.78 is 37.5. The lowest BCUT2D eigenvalue weighted by molar-refractivity contribution is -0.140. The molecule has 0 aliphatic heterocycles. The van der Waals surface area contributed by atoms with Crippen LogP contribution in [-0.4, -0.2) is 30.8 Å². The van der Waals surface area contributed by atoms with Crippen molar-refractivity contribution in [2.75, 3.05) is 19.8 Å². The normalized spacial score (nSPS) is 11.8. The van der Waals surface area contributed by atoms with Gasteiger partial charge in [0, 0.05) is 36.8 Å². The van der Waals surface area contributed by atoms with Crippen LogP contribution in [0.15, 0.2) is 39.5 Å². The minimum Gasteiger partial charge on any atom is -0.356 e. The first-order chi connectivity index (χ1) is 11.9. The van der Waals surface area contributed by atoms with Gasteiger partial charge in [-0.15, -0.1) is 47.1 Å². The van der Waals surface area contributed by atoms with Gasteiger partial charge < -0.3 is 10.6 Å². The van der Waals surface area contributed by atoms with Gasteiger partial charge >= 0.3 is 6.18 Å². The fourth-order valence-electron chi connectivity index (χ4n) is 1.99. The molecular weight excluding hydrogens is 496 g/mol. The van der Waals surface area contributed by atoms with E-state index >= 15 is 0 Å². The SMILES string of the molecule is CN=C(NCCc1nc(C(F)(F)F)cs1)NCc1ccc(SC)cc1.I. The van der Waals surface area contributed by atoms with Crippen LogP contribution in [-0.2, 0) is 19.1 Å². The van der Waals surface area contributed by atoms with Crippen LogP contribution in [0.5, 0.6) is 0 Å². The number of thiazole rings is 1. The van der Waals surface area contributed by atoms with Gasteiger partial charge in [0.1, 0.15) is 0 Å². The number of hydrogen-bond donors (Lipinski definition) is 2. The molecule has 0 saturated heterocycles. The van der Waals surface area contributed by atoms with Crippen molar-refractivity contribution in [3.8, 4) is 0 Å². The molecule has 2 rings (SSSR count). The summed E-state index contributed by atoms with van der Waals surface area (Å²) in [6.45, 7) is 1.07. The van der Waals surface area contributed by atoms with Crippen molar-refractivity contribution in [2.24, 2.45) is 4.99 Å². The standard InChI is InChI=1S/C16H19F3N4S2.HI/c1-20-15(22-9-11-3-5-12(24-2)6-4-11)21-8-7-14-23-13(10-25-14)16(17,18)19;/h3-6,10H,7-9H2,1-2H3,(H2,20,21,22);1H. The number of aliphatic imine (C=N–C) groups is 1. The van der Waals surface area contributed by atoms with Crippen LogP contribution in [0.1, 0.15) is 16.3 Å². The Morgan fingerprint density at radius 3 is 2.46 bits per heavy atom. The van der Waals surface area contributed by atoms with E-state index in [9.17, 15) is 13.2 Å². The Hall–Kier alpha value is -1.01. The van der Waals surface area contributed by atoms with Crippen molar-refractivity contribution in [3.63, 3.8) is 0 Å². The first kappa shape index (κ1) is 23.0. The summed E-state index contributed by atoms with van der Waals surface area (Å²) >= 11 is 2.70. The molecule has 10 heteroatoms. The van der Waals surface area contributed by atoms with Gasteiger partial charge in [0.05, 0.1) is 5.01 Å². The van der Waals surface area contributed by atoms with Gasteiger partial charge in [-0.1, -0.05) is 12.1 Å². The molecule has 2 aromatic rings. The summed E-state index contributed by atoms with van der Waals surface area (Å²) in [5, 5.41) is 7.74. The molecule has 0 aliphatic carbocycles. The minimum atomic E-state index is -4.38. The zero-order valence-corrected chi connectivity index (χ0v) is 18.2. The van der Waals surface area contributed by atoms with E-state index in [1.165, 1.54) is 4.90 Å². The maximum absolute atomic E-state index is 12.5. The average molecular weight is 516 g/mol. The van der Waals surface area contributed by atoms with E-state index in [0.717, 1.165) is 22.3 Å². The molecule has 0 atom stereocenters. The van der Waals surface area contributed by atoms with Gasteiger partial charge in [-0.25, -0.2) is 4.98 Å². The molecule has 1 aromatic heterocycles. The second-order valence-electron chi connectivity index (χ2n) is 5.07. The van der Waals surface area contributed by atoms with Crippen LogP contribution in [0, 0.1) is 0 Å². The summed E-state index contributed by atoms with van der Waals surface area (Å²) in [4.78, 5) is 8.91. The molecule has 144 valence electrons. The number of rotatable bonds is 6. The summed E-state index contributed by atoms with van der Waals surface area (Å²) in [6.07, 6.45) is -1.95. The van der Waals surface area contributed by atoms with E-state index in [-0.39, 0.29) is 24.0 Å².